The van der Waals surface area contributed by atoms with Crippen molar-refractivity contribution >= 4 is 0 Å². The highest BCUT2D eigenvalue weighted by molar-refractivity contribution is 5.38. The first-order valence-corrected chi connectivity index (χ1v) is 9.53. The molecule has 3 aromatic rings. The lowest BCUT2D eigenvalue weighted by Crippen LogP contribution is -2.36. The van der Waals surface area contributed by atoms with Gasteiger partial charge in [-0.05, 0) is 32.0 Å². The van der Waals surface area contributed by atoms with Gasteiger partial charge in [0.05, 0.1) is 25.5 Å². The fourth-order valence-electron chi connectivity index (χ4n) is 3.69. The topological polar surface area (TPSA) is 87.0 Å². The van der Waals surface area contributed by atoms with Gasteiger partial charge in [0.2, 0.25) is 0 Å². The minimum Gasteiger partial charge on any atom is -0.497 e. The van der Waals surface area contributed by atoms with Crippen molar-refractivity contribution < 1.29 is 4.74 Å². The Labute approximate surface area is 164 Å². The van der Waals surface area contributed by atoms with Crippen LogP contribution in [0.3, 0.4) is 0 Å². The zero-order valence-corrected chi connectivity index (χ0v) is 16.6. The second-order valence-electron chi connectivity index (χ2n) is 7.63. The normalized spacial score (nSPS) is 19.0. The highest BCUT2D eigenvalue weighted by Crippen LogP contribution is 2.34. The molecule has 0 aliphatic heterocycles. The first kappa shape index (κ1) is 18.6. The van der Waals surface area contributed by atoms with Crippen LogP contribution in [0.5, 0.6) is 5.75 Å². The van der Waals surface area contributed by atoms with E-state index in [4.69, 9.17) is 10.5 Å². The molecule has 1 aromatic carbocycles. The van der Waals surface area contributed by atoms with Crippen LogP contribution in [0.4, 0.5) is 0 Å². The molecule has 4 rings (SSSR count). The Morgan fingerprint density at radius 2 is 2.07 bits per heavy atom. The second-order valence-corrected chi connectivity index (χ2v) is 7.63. The van der Waals surface area contributed by atoms with Gasteiger partial charge in [0.25, 0.3) is 0 Å². The SMILES string of the molecule is COc1cccc(-n2cc(CN(C)Cc3nnc(C4CC(N)C4)n3C)cn2)c1. The molecule has 2 heterocycles. The molecule has 28 heavy (non-hydrogen) atoms. The van der Waals surface area contributed by atoms with Gasteiger partial charge in [-0.3, -0.25) is 4.90 Å². The van der Waals surface area contributed by atoms with Gasteiger partial charge in [-0.1, -0.05) is 6.07 Å². The smallest absolute Gasteiger partial charge is 0.146 e. The summed E-state index contributed by atoms with van der Waals surface area (Å²) in [5, 5.41) is 13.3. The predicted molar refractivity (Wildman–Crippen MR) is 106 cm³/mol. The lowest BCUT2D eigenvalue weighted by molar-refractivity contribution is 0.302. The van der Waals surface area contributed by atoms with Crippen molar-refractivity contribution in [2.24, 2.45) is 12.8 Å². The number of hydrogen-bond donors (Lipinski definition) is 1. The molecule has 0 radical (unpaired) electrons. The van der Waals surface area contributed by atoms with Crippen LogP contribution in [0, 0.1) is 0 Å². The van der Waals surface area contributed by atoms with Gasteiger partial charge in [-0.15, -0.1) is 10.2 Å². The molecule has 148 valence electrons. The quantitative estimate of drug-likeness (QED) is 0.672. The van der Waals surface area contributed by atoms with Crippen molar-refractivity contribution in [3.05, 3.63) is 53.9 Å². The number of ether oxygens (including phenoxy) is 1. The lowest BCUT2D eigenvalue weighted by Gasteiger charge is -2.31. The monoisotopic (exact) mass is 381 g/mol. The molecule has 0 saturated heterocycles. The van der Waals surface area contributed by atoms with E-state index in [-0.39, 0.29) is 0 Å². The van der Waals surface area contributed by atoms with Crippen molar-refractivity contribution in [3.8, 4) is 11.4 Å². The Balaban J connectivity index is 1.39. The molecule has 2 aromatic heterocycles. The second kappa shape index (κ2) is 7.73. The predicted octanol–water partition coefficient (Wildman–Crippen LogP) is 1.85. The number of benzene rings is 1. The molecule has 8 nitrogen and oxygen atoms in total. The number of nitrogens with zero attached hydrogens (tertiary/aromatic N) is 6. The fourth-order valence-corrected chi connectivity index (χ4v) is 3.69. The molecular formula is C20H27N7O. The average Bonchev–Trinajstić information content (AvgIpc) is 3.27. The molecule has 1 saturated carbocycles. The van der Waals surface area contributed by atoms with Crippen LogP contribution in [0.1, 0.15) is 36.0 Å². The Bertz CT molecular complexity index is 942. The van der Waals surface area contributed by atoms with Crippen LogP contribution in [-0.2, 0) is 20.1 Å². The van der Waals surface area contributed by atoms with E-state index < -0.39 is 0 Å². The van der Waals surface area contributed by atoms with Crippen LogP contribution >= 0.6 is 0 Å². The Morgan fingerprint density at radius 1 is 1.25 bits per heavy atom. The summed E-state index contributed by atoms with van der Waals surface area (Å²) in [6, 6.07) is 8.18. The van der Waals surface area contributed by atoms with E-state index in [2.05, 4.69) is 31.8 Å². The van der Waals surface area contributed by atoms with Crippen LogP contribution in [-0.4, -0.2) is 49.6 Å². The zero-order chi connectivity index (χ0) is 19.7. The van der Waals surface area contributed by atoms with Gasteiger partial charge in [0.1, 0.15) is 17.4 Å². The van der Waals surface area contributed by atoms with E-state index in [0.717, 1.165) is 54.6 Å². The first-order valence-electron chi connectivity index (χ1n) is 9.53. The minimum atomic E-state index is 0.314. The van der Waals surface area contributed by atoms with E-state index >= 15 is 0 Å². The van der Waals surface area contributed by atoms with Gasteiger partial charge < -0.3 is 15.0 Å². The van der Waals surface area contributed by atoms with Gasteiger partial charge in [0, 0.05) is 43.4 Å². The standard InChI is InChI=1S/C20H27N7O/c1-25(13-19-23-24-20(26(19)2)15-7-16(21)8-15)11-14-10-22-27(12-14)17-5-4-6-18(9-17)28-3/h4-6,9-10,12,15-16H,7-8,11,13,21H2,1-3H3. The van der Waals surface area contributed by atoms with Gasteiger partial charge in [-0.2, -0.15) is 5.10 Å². The molecule has 0 unspecified atom stereocenters. The molecule has 8 heteroatoms. The molecule has 0 amide bonds. The Morgan fingerprint density at radius 3 is 2.82 bits per heavy atom. The maximum absolute atomic E-state index is 5.91. The van der Waals surface area contributed by atoms with Crippen molar-refractivity contribution in [3.63, 3.8) is 0 Å². The summed E-state index contributed by atoms with van der Waals surface area (Å²) < 4.78 is 9.28. The Hall–Kier alpha value is -2.71. The van der Waals surface area contributed by atoms with E-state index in [9.17, 15) is 0 Å². The van der Waals surface area contributed by atoms with Crippen molar-refractivity contribution in [1.29, 1.82) is 0 Å². The lowest BCUT2D eigenvalue weighted by atomic mass is 9.80. The molecule has 1 aliphatic carbocycles. The number of hydrogen-bond acceptors (Lipinski definition) is 6. The molecule has 2 N–H and O–H groups in total. The minimum absolute atomic E-state index is 0.314. The maximum Gasteiger partial charge on any atom is 0.146 e. The number of rotatable bonds is 7. The summed E-state index contributed by atoms with van der Waals surface area (Å²) in [5.74, 6) is 3.29. The largest absolute Gasteiger partial charge is 0.497 e. The Kier molecular flexibility index (Phi) is 5.15. The van der Waals surface area contributed by atoms with Crippen molar-refractivity contribution in [2.45, 2.75) is 37.9 Å². The van der Waals surface area contributed by atoms with Crippen LogP contribution in [0.15, 0.2) is 36.7 Å². The highest BCUT2D eigenvalue weighted by atomic mass is 16.5. The molecule has 0 bridgehead atoms. The third kappa shape index (κ3) is 3.79. The average molecular weight is 381 g/mol. The summed E-state index contributed by atoms with van der Waals surface area (Å²) in [7, 11) is 5.79. The zero-order valence-electron chi connectivity index (χ0n) is 16.6. The van der Waals surface area contributed by atoms with E-state index in [0.29, 0.717) is 12.0 Å². The maximum atomic E-state index is 5.91. The summed E-state index contributed by atoms with van der Waals surface area (Å²) in [6.45, 7) is 1.51. The molecule has 1 fully saturated rings. The number of nitrogens with two attached hydrogens (primary N) is 1. The fraction of sp³-hybridized carbons (Fsp3) is 0.450. The molecular weight excluding hydrogens is 354 g/mol. The summed E-state index contributed by atoms with van der Waals surface area (Å²) >= 11 is 0. The van der Waals surface area contributed by atoms with Gasteiger partial charge in [-0.25, -0.2) is 4.68 Å². The van der Waals surface area contributed by atoms with Gasteiger partial charge >= 0.3 is 0 Å². The van der Waals surface area contributed by atoms with Crippen LogP contribution in [0.2, 0.25) is 0 Å². The number of methoxy groups -OCH3 is 1. The van der Waals surface area contributed by atoms with E-state index in [1.807, 2.05) is 48.4 Å². The molecule has 1 aliphatic rings. The summed E-state index contributed by atoms with van der Waals surface area (Å²) in [6.07, 6.45) is 5.95. The summed E-state index contributed by atoms with van der Waals surface area (Å²) in [5.41, 5.74) is 8.02. The number of aromatic nitrogens is 5. The highest BCUT2D eigenvalue weighted by Gasteiger charge is 2.31. The third-order valence-electron chi connectivity index (χ3n) is 5.36. The first-order chi connectivity index (χ1) is 13.5. The van der Waals surface area contributed by atoms with Gasteiger partial charge in [0.15, 0.2) is 0 Å². The van der Waals surface area contributed by atoms with E-state index in [1.165, 1.54) is 0 Å². The van der Waals surface area contributed by atoms with Crippen LogP contribution < -0.4 is 10.5 Å². The summed E-state index contributed by atoms with van der Waals surface area (Å²) in [4.78, 5) is 2.22. The molecule has 0 atom stereocenters. The molecule has 0 spiro atoms. The van der Waals surface area contributed by atoms with Crippen molar-refractivity contribution in [1.82, 2.24) is 29.4 Å². The van der Waals surface area contributed by atoms with E-state index in [1.54, 1.807) is 7.11 Å². The third-order valence-corrected chi connectivity index (χ3v) is 5.36. The van der Waals surface area contributed by atoms with Crippen LogP contribution in [0.25, 0.3) is 5.69 Å². The van der Waals surface area contributed by atoms with Crippen molar-refractivity contribution in [2.75, 3.05) is 14.2 Å².